The fourth-order valence-electron chi connectivity index (χ4n) is 7.99. The van der Waals surface area contributed by atoms with Crippen LogP contribution in [-0.2, 0) is 39.7 Å². The molecule has 0 aromatic heterocycles. The third kappa shape index (κ3) is 18.6. The predicted molar refractivity (Wildman–Crippen MR) is 284 cm³/mol. The average molecular weight is 1020 g/mol. The quantitative estimate of drug-likeness (QED) is 0.0115. The monoisotopic (exact) mass is 1020 g/mol. The Bertz CT molecular complexity index is 2290. The lowest BCUT2D eigenvalue weighted by Crippen LogP contribution is -2.73. The number of hydrogen-bond donors (Lipinski definition) is 6. The summed E-state index contributed by atoms with van der Waals surface area (Å²) in [6.45, 7) is 15.5. The molecule has 0 saturated carbocycles. The molecule has 5 rings (SSSR count). The normalized spacial score (nSPS) is 16.3. The maximum absolute atomic E-state index is 13.5. The van der Waals surface area contributed by atoms with Gasteiger partial charge in [-0.2, -0.15) is 0 Å². The van der Waals surface area contributed by atoms with Crippen molar-refractivity contribution in [2.24, 2.45) is 5.73 Å². The van der Waals surface area contributed by atoms with Gasteiger partial charge in [0.15, 0.2) is 0 Å². The first kappa shape index (κ1) is 57.5. The molecule has 1 saturated heterocycles. The largest absolute Gasteiger partial charge is 0.460 e. The summed E-state index contributed by atoms with van der Waals surface area (Å²) < 4.78 is 26.6. The van der Waals surface area contributed by atoms with Crippen LogP contribution in [-0.4, -0.2) is 104 Å². The SMILES string of the molecule is C=CCOC(=O)C(Cc1ccc(OC(=O)NCCC(CNCCCCCC(=O)NC2(CSC(c3ccccc3)(c3ccccc3)c3ccccc3)COC2N)NC(=O)OC(C)(C)C)cc1)NC(=O)OC(C)(C)C. The smallest absolute Gasteiger partial charge is 0.412 e. The zero-order valence-electron chi connectivity index (χ0n) is 43.0. The summed E-state index contributed by atoms with van der Waals surface area (Å²) in [7, 11) is 0. The Labute approximate surface area is 434 Å². The minimum absolute atomic E-state index is 0.0242. The maximum atomic E-state index is 13.5. The molecule has 0 bridgehead atoms. The van der Waals surface area contributed by atoms with Crippen LogP contribution in [0.3, 0.4) is 0 Å². The molecule has 4 atom stereocenters. The van der Waals surface area contributed by atoms with E-state index in [9.17, 15) is 24.0 Å². The van der Waals surface area contributed by atoms with Crippen molar-refractivity contribution in [1.82, 2.24) is 26.6 Å². The minimum Gasteiger partial charge on any atom is -0.460 e. The van der Waals surface area contributed by atoms with E-state index in [-0.39, 0.29) is 31.2 Å². The first-order chi connectivity index (χ1) is 34.8. The van der Waals surface area contributed by atoms with Crippen molar-refractivity contribution in [2.45, 2.75) is 120 Å². The number of nitrogens with one attached hydrogen (secondary N) is 5. The van der Waals surface area contributed by atoms with Crippen LogP contribution in [0, 0.1) is 0 Å². The molecule has 4 amide bonds. The highest BCUT2D eigenvalue weighted by atomic mass is 32.2. The number of thioether (sulfide) groups is 1. The van der Waals surface area contributed by atoms with Gasteiger partial charge >= 0.3 is 24.2 Å². The molecule has 1 heterocycles. The maximum Gasteiger partial charge on any atom is 0.412 e. The van der Waals surface area contributed by atoms with E-state index in [4.69, 9.17) is 29.4 Å². The number of nitrogens with two attached hydrogens (primary N) is 1. The number of ether oxygens (including phenoxy) is 5. The zero-order valence-corrected chi connectivity index (χ0v) is 43.9. The molecule has 4 unspecified atom stereocenters. The van der Waals surface area contributed by atoms with Crippen LogP contribution in [0.5, 0.6) is 5.75 Å². The molecule has 16 nitrogen and oxygen atoms in total. The minimum atomic E-state index is -1.04. The lowest BCUT2D eigenvalue weighted by atomic mass is 9.84. The molecule has 4 aromatic carbocycles. The summed E-state index contributed by atoms with van der Waals surface area (Å²) in [5, 5.41) is 14.9. The fraction of sp³-hybridized carbons (Fsp3) is 0.446. The van der Waals surface area contributed by atoms with Crippen LogP contribution >= 0.6 is 11.8 Å². The van der Waals surface area contributed by atoms with E-state index in [2.05, 4.69) is 106 Å². The second-order valence-electron chi connectivity index (χ2n) is 19.9. The molecule has 1 aliphatic rings. The van der Waals surface area contributed by atoms with Crippen molar-refractivity contribution in [1.29, 1.82) is 0 Å². The Kier molecular flexibility index (Phi) is 21.7. The van der Waals surface area contributed by atoms with Crippen molar-refractivity contribution in [3.8, 4) is 5.75 Å². The van der Waals surface area contributed by atoms with Crippen molar-refractivity contribution in [2.75, 3.05) is 38.6 Å². The first-order valence-corrected chi connectivity index (χ1v) is 25.8. The second kappa shape index (κ2) is 27.6. The molecule has 7 N–H and O–H groups in total. The molecule has 1 aliphatic heterocycles. The Balaban J connectivity index is 1.07. The average Bonchev–Trinajstić information content (AvgIpc) is 3.34. The van der Waals surface area contributed by atoms with Gasteiger partial charge in [-0.15, -0.1) is 11.8 Å². The molecule has 1 fully saturated rings. The van der Waals surface area contributed by atoms with Gasteiger partial charge in [-0.3, -0.25) is 4.79 Å². The summed E-state index contributed by atoms with van der Waals surface area (Å²) in [6.07, 6.45) is 1.75. The van der Waals surface area contributed by atoms with Gasteiger partial charge in [-0.1, -0.05) is 122 Å². The highest BCUT2D eigenvalue weighted by Crippen LogP contribution is 2.50. The lowest BCUT2D eigenvalue weighted by Gasteiger charge is -2.49. The van der Waals surface area contributed by atoms with Crippen molar-refractivity contribution < 1.29 is 47.7 Å². The van der Waals surface area contributed by atoms with Crippen LogP contribution < -0.4 is 37.1 Å². The fourth-order valence-corrected chi connectivity index (χ4v) is 9.69. The van der Waals surface area contributed by atoms with Crippen molar-refractivity contribution >= 4 is 41.9 Å². The van der Waals surface area contributed by atoms with Crippen LogP contribution in [0.4, 0.5) is 14.4 Å². The molecule has 0 radical (unpaired) electrons. The van der Waals surface area contributed by atoms with Gasteiger partial charge in [0, 0.05) is 37.7 Å². The molecule has 17 heteroatoms. The number of amides is 4. The van der Waals surface area contributed by atoms with Crippen molar-refractivity contribution in [3.63, 3.8) is 0 Å². The van der Waals surface area contributed by atoms with Gasteiger partial charge in [-0.05, 0) is 102 Å². The lowest BCUT2D eigenvalue weighted by molar-refractivity contribution is -0.151. The summed E-state index contributed by atoms with van der Waals surface area (Å²) >= 11 is 1.75. The number of benzene rings is 4. The molecule has 4 aromatic rings. The summed E-state index contributed by atoms with van der Waals surface area (Å²) in [5.41, 5.74) is 8.34. The zero-order chi connectivity index (χ0) is 52.9. The number of hydrogen-bond acceptors (Lipinski definition) is 13. The molecule has 394 valence electrons. The van der Waals surface area contributed by atoms with Gasteiger partial charge < -0.3 is 56.0 Å². The number of unbranched alkanes of at least 4 members (excludes halogenated alkanes) is 2. The Morgan fingerprint density at radius 1 is 0.753 bits per heavy atom. The van der Waals surface area contributed by atoms with Gasteiger partial charge in [0.1, 0.15) is 41.4 Å². The summed E-state index contributed by atoms with van der Waals surface area (Å²) in [6, 6.07) is 36.3. The highest BCUT2D eigenvalue weighted by molar-refractivity contribution is 8.00. The number of carbonyl (C=O) groups excluding carboxylic acids is 5. The van der Waals surface area contributed by atoms with Crippen LogP contribution in [0.15, 0.2) is 128 Å². The van der Waals surface area contributed by atoms with E-state index in [1.165, 1.54) is 6.08 Å². The van der Waals surface area contributed by atoms with E-state index in [0.717, 1.165) is 29.5 Å². The summed E-state index contributed by atoms with van der Waals surface area (Å²) in [5.74, 6) is 0.0337. The Hall–Kier alpha value is -6.40. The van der Waals surface area contributed by atoms with E-state index in [0.29, 0.717) is 50.3 Å². The van der Waals surface area contributed by atoms with Crippen LogP contribution in [0.1, 0.15) is 95.9 Å². The number of rotatable bonds is 26. The summed E-state index contributed by atoms with van der Waals surface area (Å²) in [4.78, 5) is 64.3. The molecule has 73 heavy (non-hydrogen) atoms. The first-order valence-electron chi connectivity index (χ1n) is 24.8. The van der Waals surface area contributed by atoms with Crippen LogP contribution in [0.25, 0.3) is 0 Å². The third-order valence-corrected chi connectivity index (χ3v) is 13.4. The van der Waals surface area contributed by atoms with Gasteiger partial charge in [0.2, 0.25) is 5.91 Å². The topological polar surface area (TPSA) is 218 Å². The number of alkyl carbamates (subject to hydrolysis) is 2. The van der Waals surface area contributed by atoms with E-state index in [1.54, 1.807) is 77.6 Å². The molecule has 0 spiro atoms. The van der Waals surface area contributed by atoms with Gasteiger partial charge in [0.25, 0.3) is 0 Å². The third-order valence-electron chi connectivity index (χ3n) is 11.6. The van der Waals surface area contributed by atoms with Crippen LogP contribution in [0.2, 0.25) is 0 Å². The second-order valence-corrected chi connectivity index (χ2v) is 21.1. The van der Waals surface area contributed by atoms with Crippen molar-refractivity contribution in [3.05, 3.63) is 150 Å². The Morgan fingerprint density at radius 3 is 1.82 bits per heavy atom. The van der Waals surface area contributed by atoms with E-state index >= 15 is 0 Å². The predicted octanol–water partition coefficient (Wildman–Crippen LogP) is 8.27. The molecular weight excluding hydrogens is 949 g/mol. The Morgan fingerprint density at radius 2 is 1.32 bits per heavy atom. The molecular formula is C56H74N6O10S. The highest BCUT2D eigenvalue weighted by Gasteiger charge is 2.50. The van der Waals surface area contributed by atoms with Gasteiger partial charge in [0.05, 0.1) is 11.4 Å². The number of esters is 1. The van der Waals surface area contributed by atoms with E-state index < -0.39 is 64.0 Å². The standard InChI is InChI=1S/C56H74N6O10S/c1-8-35-68-48(64)46(61-52(67)72-54(5,6)7)36-40-28-30-45(31-29-40)70-50(65)59-34-32-44(60-51(66)71-53(2,3)4)37-58-33-20-12-19-27-47(63)62-55(38-69-49(55)57)39-73-56(41-21-13-9-14-22-41,42-23-15-10-16-24-42)43-25-17-11-18-26-43/h8-11,13-18,21-26,28-31,44,46,49,58H,1,12,19-20,27,32-39,57H2,2-7H3,(H,59,65)(H,60,66)(H,61,67)(H,62,63). The van der Waals surface area contributed by atoms with Gasteiger partial charge in [-0.25, -0.2) is 19.2 Å². The molecule has 0 aliphatic carbocycles. The van der Waals surface area contributed by atoms with E-state index in [1.807, 2.05) is 18.2 Å². The number of carbonyl (C=O) groups is 5.